The van der Waals surface area contributed by atoms with Gasteiger partial charge in [0.2, 0.25) is 5.41 Å². The summed E-state index contributed by atoms with van der Waals surface area (Å²) in [6, 6.07) is 11.4. The second-order valence-corrected chi connectivity index (χ2v) is 11.3. The van der Waals surface area contributed by atoms with Gasteiger partial charge < -0.3 is 19.9 Å². The summed E-state index contributed by atoms with van der Waals surface area (Å²) < 4.78 is 90.7. The second-order valence-electron chi connectivity index (χ2n) is 11.3. The van der Waals surface area contributed by atoms with E-state index in [9.17, 15) is 24.6 Å². The number of imide groups is 1. The number of nitrogens with zero attached hydrogens (tertiary/aromatic N) is 2. The van der Waals surface area contributed by atoms with E-state index < -0.39 is 63.3 Å². The number of rotatable bonds is 5. The van der Waals surface area contributed by atoms with Crippen LogP contribution in [0.5, 0.6) is 11.5 Å². The summed E-state index contributed by atoms with van der Waals surface area (Å²) in [6.45, 7) is 6.38. The third-order valence-electron chi connectivity index (χ3n) is 8.34. The summed E-state index contributed by atoms with van der Waals surface area (Å²) >= 11 is 0. The number of anilines is 2. The van der Waals surface area contributed by atoms with Crippen LogP contribution in [0.1, 0.15) is 58.9 Å². The largest absolute Gasteiger partial charge is 0.508 e. The number of fused-ring (bicyclic) bond motifs is 1. The van der Waals surface area contributed by atoms with Crippen LogP contribution < -0.4 is 9.80 Å². The van der Waals surface area contributed by atoms with E-state index in [4.69, 9.17) is 4.79 Å². The highest BCUT2D eigenvalue weighted by atomic mass is 19.4. The fourth-order valence-electron chi connectivity index (χ4n) is 5.96. The van der Waals surface area contributed by atoms with Crippen LogP contribution >= 0.6 is 0 Å². The molecule has 0 saturated heterocycles. The van der Waals surface area contributed by atoms with E-state index in [0.717, 1.165) is 17.0 Å². The first-order chi connectivity index (χ1) is 22.8. The lowest BCUT2D eigenvalue weighted by Gasteiger charge is -2.38. The number of alkyl halides is 6. The number of phenols is 2. The average molecular weight is 687 g/mol. The van der Waals surface area contributed by atoms with Crippen molar-refractivity contribution < 1.29 is 55.7 Å². The fourth-order valence-corrected chi connectivity index (χ4v) is 5.96. The van der Waals surface area contributed by atoms with Gasteiger partial charge in [-0.3, -0.25) is 14.4 Å². The van der Waals surface area contributed by atoms with E-state index >= 15 is 26.3 Å². The van der Waals surface area contributed by atoms with Crippen molar-refractivity contribution in [3.63, 3.8) is 0 Å². The van der Waals surface area contributed by atoms with Crippen molar-refractivity contribution >= 4 is 35.9 Å². The molecule has 0 unspecified atom stereocenters. The normalized spacial score (nSPS) is 13.1. The lowest BCUT2D eigenvalue weighted by Crippen LogP contribution is -2.55. The summed E-state index contributed by atoms with van der Waals surface area (Å²) in [4.78, 5) is 49.8. The van der Waals surface area contributed by atoms with Crippen LogP contribution in [0, 0.1) is 20.8 Å². The van der Waals surface area contributed by atoms with Crippen molar-refractivity contribution in [1.82, 2.24) is 0 Å². The van der Waals surface area contributed by atoms with Gasteiger partial charge in [0, 0.05) is 18.3 Å². The van der Waals surface area contributed by atoms with Crippen molar-refractivity contribution in [3.05, 3.63) is 117 Å². The van der Waals surface area contributed by atoms with Crippen molar-refractivity contribution in [1.29, 1.82) is 0 Å². The van der Waals surface area contributed by atoms with E-state index in [1.54, 1.807) is 6.92 Å². The number of carbonyl (C=O) groups is 4. The molecule has 0 saturated carbocycles. The van der Waals surface area contributed by atoms with Crippen molar-refractivity contribution in [3.8, 4) is 11.5 Å². The molecule has 14 heteroatoms. The first-order valence-corrected chi connectivity index (χ1v) is 14.2. The SMILES string of the molecule is C=O.Cc1ccc(C(c2ccc3c(c2)C(=O)N(c2ccc(O)cc2C)C3=O)(C(F)(F)F)C(F)(F)F)cc1C(=O)N(C)c1ccc(O)cc1C. The maximum absolute atomic E-state index is 15.1. The number of hydrogen-bond acceptors (Lipinski definition) is 6. The first-order valence-electron chi connectivity index (χ1n) is 14.2. The van der Waals surface area contributed by atoms with Crippen LogP contribution in [-0.2, 0) is 10.2 Å². The highest BCUT2D eigenvalue weighted by Crippen LogP contribution is 2.57. The Morgan fingerprint density at radius 2 is 1.18 bits per heavy atom. The molecule has 3 amide bonds. The average Bonchev–Trinajstić information content (AvgIpc) is 3.26. The maximum Gasteiger partial charge on any atom is 0.411 e. The van der Waals surface area contributed by atoms with Crippen LogP contribution in [0.25, 0.3) is 0 Å². The molecule has 0 fully saturated rings. The first kappa shape index (κ1) is 36.2. The second kappa shape index (κ2) is 12.7. The Morgan fingerprint density at radius 3 is 1.73 bits per heavy atom. The number of aromatic hydroxyl groups is 2. The van der Waals surface area contributed by atoms with E-state index in [1.165, 1.54) is 57.3 Å². The van der Waals surface area contributed by atoms with Gasteiger partial charge in [-0.25, -0.2) is 4.90 Å². The molecule has 49 heavy (non-hydrogen) atoms. The molecule has 0 atom stereocenters. The standard InChI is InChI=1S/C34H26F6N2O5.CH2O/c1-17-5-6-20(15-25(17)29(45)41(4)27-11-8-22(43)13-18(27)2)32(33(35,36)37,34(38,39)40)21-7-10-24-26(16-21)31(47)42(30(24)46)28-12-9-23(44)14-19(28)3;1-2/h5-16,43-44H,1-4H3;1H2. The van der Waals surface area contributed by atoms with E-state index in [0.29, 0.717) is 34.7 Å². The molecule has 256 valence electrons. The molecular weight excluding hydrogens is 658 g/mol. The molecule has 1 aliphatic heterocycles. The van der Waals surface area contributed by atoms with Gasteiger partial charge in [-0.05, 0) is 103 Å². The molecule has 1 heterocycles. The van der Waals surface area contributed by atoms with Gasteiger partial charge in [0.05, 0.1) is 16.8 Å². The zero-order valence-corrected chi connectivity index (χ0v) is 26.3. The Balaban J connectivity index is 0.00000265. The van der Waals surface area contributed by atoms with Gasteiger partial charge in [0.25, 0.3) is 17.7 Å². The van der Waals surface area contributed by atoms with E-state index in [-0.39, 0.29) is 34.0 Å². The van der Waals surface area contributed by atoms with Crippen LogP contribution in [0.15, 0.2) is 72.8 Å². The minimum absolute atomic E-state index is 0.0110. The summed E-state index contributed by atoms with van der Waals surface area (Å²) in [5.74, 6) is -3.33. The fraction of sp³-hybridized carbons (Fsp3) is 0.200. The monoisotopic (exact) mass is 686 g/mol. The Kier molecular flexibility index (Phi) is 9.41. The topological polar surface area (TPSA) is 115 Å². The quantitative estimate of drug-likeness (QED) is 0.168. The molecule has 0 radical (unpaired) electrons. The maximum atomic E-state index is 15.1. The highest BCUT2D eigenvalue weighted by molar-refractivity contribution is 6.34. The number of phenolic OH excluding ortho intramolecular Hbond substituents is 2. The molecule has 5 rings (SSSR count). The summed E-state index contributed by atoms with van der Waals surface area (Å²) in [6.07, 6.45) is -12.1. The van der Waals surface area contributed by atoms with Crippen molar-refractivity contribution in [2.24, 2.45) is 0 Å². The number of halogens is 6. The molecule has 1 aliphatic rings. The summed E-state index contributed by atoms with van der Waals surface area (Å²) in [5, 5.41) is 19.4. The van der Waals surface area contributed by atoms with Gasteiger partial charge in [0.15, 0.2) is 0 Å². The third-order valence-corrected chi connectivity index (χ3v) is 8.34. The van der Waals surface area contributed by atoms with Gasteiger partial charge >= 0.3 is 12.4 Å². The Bertz CT molecular complexity index is 1970. The summed E-state index contributed by atoms with van der Waals surface area (Å²) in [7, 11) is 1.29. The zero-order valence-electron chi connectivity index (χ0n) is 26.3. The predicted octanol–water partition coefficient (Wildman–Crippen LogP) is 7.33. The zero-order chi connectivity index (χ0) is 36.8. The molecule has 8 nitrogen and oxygen atoms in total. The molecule has 0 aliphatic carbocycles. The molecule has 0 spiro atoms. The van der Waals surface area contributed by atoms with Crippen LogP contribution in [0.4, 0.5) is 37.7 Å². The Morgan fingerprint density at radius 1 is 0.673 bits per heavy atom. The molecule has 2 N–H and O–H groups in total. The molecule has 4 aromatic carbocycles. The number of hydrogen-bond donors (Lipinski definition) is 2. The van der Waals surface area contributed by atoms with Crippen LogP contribution in [0.3, 0.4) is 0 Å². The minimum Gasteiger partial charge on any atom is -0.508 e. The Labute approximate surface area is 275 Å². The third kappa shape index (κ3) is 5.87. The van der Waals surface area contributed by atoms with Gasteiger partial charge in [-0.15, -0.1) is 0 Å². The molecule has 0 bridgehead atoms. The van der Waals surface area contributed by atoms with Crippen LogP contribution in [-0.4, -0.2) is 54.1 Å². The number of amides is 3. The molecule has 0 aromatic heterocycles. The Hall–Kier alpha value is -5.66. The van der Waals surface area contributed by atoms with Crippen molar-refractivity contribution in [2.75, 3.05) is 16.8 Å². The number of aryl methyl sites for hydroxylation is 3. The minimum atomic E-state index is -6.05. The van der Waals surface area contributed by atoms with Crippen molar-refractivity contribution in [2.45, 2.75) is 38.5 Å². The van der Waals surface area contributed by atoms with Gasteiger partial charge in [-0.2, -0.15) is 26.3 Å². The van der Waals surface area contributed by atoms with E-state index in [2.05, 4.69) is 0 Å². The predicted molar refractivity (Wildman–Crippen MR) is 167 cm³/mol. The van der Waals surface area contributed by atoms with E-state index in [1.807, 2.05) is 6.79 Å². The van der Waals surface area contributed by atoms with Gasteiger partial charge in [0.1, 0.15) is 18.3 Å². The molecule has 4 aromatic rings. The summed E-state index contributed by atoms with van der Waals surface area (Å²) in [5.41, 5.74) is -7.96. The number of benzene rings is 4. The lowest BCUT2D eigenvalue weighted by molar-refractivity contribution is -0.288. The van der Waals surface area contributed by atoms with Crippen LogP contribution in [0.2, 0.25) is 0 Å². The van der Waals surface area contributed by atoms with Gasteiger partial charge in [-0.1, -0.05) is 18.2 Å². The number of carbonyl (C=O) groups excluding carboxylic acids is 4. The lowest BCUT2D eigenvalue weighted by atomic mass is 9.71. The highest BCUT2D eigenvalue weighted by Gasteiger charge is 2.72. The molecular formula is C35H28F6N2O6. The smallest absolute Gasteiger partial charge is 0.411 e.